The van der Waals surface area contributed by atoms with Crippen LogP contribution in [-0.2, 0) is 13.2 Å². The van der Waals surface area contributed by atoms with Gasteiger partial charge in [0.25, 0.3) is 0 Å². The Morgan fingerprint density at radius 3 is 2.48 bits per heavy atom. The molecule has 1 N–H and O–H groups in total. The highest BCUT2D eigenvalue weighted by molar-refractivity contribution is 6.30. The molecule has 0 fully saturated rings. The molecule has 5 nitrogen and oxygen atoms in total. The molecule has 0 amide bonds. The standard InChI is InChI=1S/C27H25ClN2O3/c1-31-26-12-10-19(14-27(26)32-2)16-29-30-17-22-15-23(28)11-13-25(22)33-18-21-8-5-7-20-6-3-4-9-24(20)21/h3-15,17,29H,16,18H2,1-2H3/b30-17-. The Morgan fingerprint density at radius 2 is 1.64 bits per heavy atom. The number of nitrogens with one attached hydrogen (secondary N) is 1. The van der Waals surface area contributed by atoms with Crippen LogP contribution in [0.5, 0.6) is 17.2 Å². The van der Waals surface area contributed by atoms with Crippen molar-refractivity contribution in [2.75, 3.05) is 14.2 Å². The zero-order valence-corrected chi connectivity index (χ0v) is 19.3. The zero-order chi connectivity index (χ0) is 23.0. The van der Waals surface area contributed by atoms with Gasteiger partial charge in [0.15, 0.2) is 11.5 Å². The number of hydrazone groups is 1. The van der Waals surface area contributed by atoms with Crippen molar-refractivity contribution in [3.8, 4) is 17.2 Å². The summed E-state index contributed by atoms with van der Waals surface area (Å²) < 4.78 is 16.8. The molecule has 0 atom stereocenters. The van der Waals surface area contributed by atoms with Crippen molar-refractivity contribution in [2.24, 2.45) is 5.10 Å². The molecule has 4 aromatic rings. The first-order valence-electron chi connectivity index (χ1n) is 10.5. The van der Waals surface area contributed by atoms with Crippen LogP contribution < -0.4 is 19.6 Å². The molecule has 4 rings (SSSR count). The van der Waals surface area contributed by atoms with E-state index < -0.39 is 0 Å². The van der Waals surface area contributed by atoms with E-state index in [0.29, 0.717) is 35.4 Å². The minimum absolute atomic E-state index is 0.447. The molecule has 0 aliphatic rings. The number of nitrogens with zero attached hydrogens (tertiary/aromatic N) is 1. The average molecular weight is 461 g/mol. The largest absolute Gasteiger partial charge is 0.493 e. The van der Waals surface area contributed by atoms with E-state index in [9.17, 15) is 0 Å². The van der Waals surface area contributed by atoms with E-state index in [-0.39, 0.29) is 0 Å². The fourth-order valence-electron chi connectivity index (χ4n) is 3.57. The minimum atomic E-state index is 0.447. The van der Waals surface area contributed by atoms with Gasteiger partial charge in [-0.2, -0.15) is 5.10 Å². The number of methoxy groups -OCH3 is 2. The third-order valence-corrected chi connectivity index (χ3v) is 5.50. The molecule has 0 aliphatic heterocycles. The molecule has 4 aromatic carbocycles. The summed E-state index contributed by atoms with van der Waals surface area (Å²) >= 11 is 6.22. The molecule has 0 saturated heterocycles. The molecular weight excluding hydrogens is 436 g/mol. The third kappa shape index (κ3) is 5.57. The van der Waals surface area contributed by atoms with Crippen molar-refractivity contribution in [3.63, 3.8) is 0 Å². The summed E-state index contributed by atoms with van der Waals surface area (Å²) in [5.74, 6) is 2.08. The monoisotopic (exact) mass is 460 g/mol. The predicted octanol–water partition coefficient (Wildman–Crippen LogP) is 6.21. The van der Waals surface area contributed by atoms with Crippen molar-refractivity contribution < 1.29 is 14.2 Å². The van der Waals surface area contributed by atoms with E-state index >= 15 is 0 Å². The lowest BCUT2D eigenvalue weighted by Gasteiger charge is -2.12. The summed E-state index contributed by atoms with van der Waals surface area (Å²) in [6.07, 6.45) is 1.71. The van der Waals surface area contributed by atoms with Crippen molar-refractivity contribution in [2.45, 2.75) is 13.2 Å². The number of rotatable bonds is 9. The average Bonchev–Trinajstić information content (AvgIpc) is 2.86. The van der Waals surface area contributed by atoms with Gasteiger partial charge in [0.05, 0.1) is 27.0 Å². The first kappa shape index (κ1) is 22.5. The number of halogens is 1. The molecule has 168 valence electrons. The van der Waals surface area contributed by atoms with Crippen LogP contribution in [0.1, 0.15) is 16.7 Å². The Bertz CT molecular complexity index is 1270. The molecule has 0 aliphatic carbocycles. The van der Waals surface area contributed by atoms with Crippen LogP contribution in [0.15, 0.2) is 84.0 Å². The Labute approximate surface area is 198 Å². The number of ether oxygens (including phenoxy) is 3. The van der Waals surface area contributed by atoms with Crippen LogP contribution >= 0.6 is 11.6 Å². The summed E-state index contributed by atoms with van der Waals surface area (Å²) in [5.41, 5.74) is 5.99. The van der Waals surface area contributed by atoms with Crippen LogP contribution in [0.3, 0.4) is 0 Å². The Kier molecular flexibility index (Phi) is 7.33. The molecule has 0 radical (unpaired) electrons. The van der Waals surface area contributed by atoms with Crippen molar-refractivity contribution in [1.82, 2.24) is 5.43 Å². The summed E-state index contributed by atoms with van der Waals surface area (Å²) in [5, 5.41) is 7.35. The second-order valence-electron chi connectivity index (χ2n) is 7.39. The van der Waals surface area contributed by atoms with Gasteiger partial charge in [0.2, 0.25) is 0 Å². The number of hydrogen-bond donors (Lipinski definition) is 1. The number of fused-ring (bicyclic) bond motifs is 1. The highest BCUT2D eigenvalue weighted by atomic mass is 35.5. The number of hydrogen-bond acceptors (Lipinski definition) is 5. The van der Waals surface area contributed by atoms with Crippen molar-refractivity contribution >= 4 is 28.6 Å². The van der Waals surface area contributed by atoms with Crippen molar-refractivity contribution in [1.29, 1.82) is 0 Å². The lowest BCUT2D eigenvalue weighted by atomic mass is 10.1. The molecular formula is C27H25ClN2O3. The maximum atomic E-state index is 6.22. The van der Waals surface area contributed by atoms with Gasteiger partial charge in [-0.1, -0.05) is 60.1 Å². The quantitative estimate of drug-likeness (QED) is 0.238. The summed E-state index contributed by atoms with van der Waals surface area (Å²) in [6.45, 7) is 0.979. The zero-order valence-electron chi connectivity index (χ0n) is 18.5. The van der Waals surface area contributed by atoms with Gasteiger partial charge < -0.3 is 19.6 Å². The lowest BCUT2D eigenvalue weighted by Crippen LogP contribution is -2.06. The van der Waals surface area contributed by atoms with E-state index in [0.717, 1.165) is 16.7 Å². The molecule has 0 saturated carbocycles. The normalized spacial score (nSPS) is 11.0. The topological polar surface area (TPSA) is 52.1 Å². The first-order chi connectivity index (χ1) is 16.2. The smallest absolute Gasteiger partial charge is 0.161 e. The molecule has 33 heavy (non-hydrogen) atoms. The molecule has 0 spiro atoms. The van der Waals surface area contributed by atoms with Crippen LogP contribution in [0.4, 0.5) is 0 Å². The third-order valence-electron chi connectivity index (χ3n) is 5.26. The van der Waals surface area contributed by atoms with Gasteiger partial charge in [-0.05, 0) is 52.2 Å². The molecule has 0 heterocycles. The Morgan fingerprint density at radius 1 is 0.848 bits per heavy atom. The van der Waals surface area contributed by atoms with Gasteiger partial charge in [-0.25, -0.2) is 0 Å². The highest BCUT2D eigenvalue weighted by Gasteiger charge is 2.07. The van der Waals surface area contributed by atoms with Gasteiger partial charge in [0, 0.05) is 10.6 Å². The number of benzene rings is 4. The van der Waals surface area contributed by atoms with E-state index in [2.05, 4.69) is 34.8 Å². The van der Waals surface area contributed by atoms with Crippen molar-refractivity contribution in [3.05, 3.63) is 101 Å². The predicted molar refractivity (Wildman–Crippen MR) is 134 cm³/mol. The van der Waals surface area contributed by atoms with Gasteiger partial charge in [-0.15, -0.1) is 0 Å². The van der Waals surface area contributed by atoms with E-state index in [1.165, 1.54) is 10.8 Å². The Hall–Kier alpha value is -3.70. The first-order valence-corrected chi connectivity index (χ1v) is 10.9. The second kappa shape index (κ2) is 10.7. The lowest BCUT2D eigenvalue weighted by molar-refractivity contribution is 0.307. The molecule has 6 heteroatoms. The van der Waals surface area contributed by atoms with Crippen LogP contribution in [0.25, 0.3) is 10.8 Å². The van der Waals surface area contributed by atoms with Crippen LogP contribution in [0, 0.1) is 0 Å². The van der Waals surface area contributed by atoms with Gasteiger partial charge in [0.1, 0.15) is 12.4 Å². The maximum Gasteiger partial charge on any atom is 0.161 e. The molecule has 0 bridgehead atoms. The van der Waals surface area contributed by atoms with Gasteiger partial charge in [-0.3, -0.25) is 0 Å². The molecule has 0 unspecified atom stereocenters. The van der Waals surface area contributed by atoms with E-state index in [1.807, 2.05) is 54.6 Å². The van der Waals surface area contributed by atoms with E-state index in [1.54, 1.807) is 20.4 Å². The second-order valence-corrected chi connectivity index (χ2v) is 7.83. The molecule has 0 aromatic heterocycles. The highest BCUT2D eigenvalue weighted by Crippen LogP contribution is 2.28. The van der Waals surface area contributed by atoms with E-state index in [4.69, 9.17) is 25.8 Å². The summed E-state index contributed by atoms with van der Waals surface area (Å²) in [7, 11) is 3.23. The fraction of sp³-hybridized carbons (Fsp3) is 0.148. The summed E-state index contributed by atoms with van der Waals surface area (Å²) in [6, 6.07) is 25.8. The van der Waals surface area contributed by atoms with Crippen LogP contribution in [0.2, 0.25) is 5.02 Å². The van der Waals surface area contributed by atoms with Crippen LogP contribution in [-0.4, -0.2) is 20.4 Å². The fourth-order valence-corrected chi connectivity index (χ4v) is 3.75. The maximum absolute atomic E-state index is 6.22. The minimum Gasteiger partial charge on any atom is -0.493 e. The van der Waals surface area contributed by atoms with Gasteiger partial charge >= 0.3 is 0 Å². The summed E-state index contributed by atoms with van der Waals surface area (Å²) in [4.78, 5) is 0. The Balaban J connectivity index is 1.44. The SMILES string of the molecule is COc1ccc(CN/N=C\c2cc(Cl)ccc2OCc2cccc3ccccc23)cc1OC.